The lowest BCUT2D eigenvalue weighted by molar-refractivity contribution is 0.0937. The van der Waals surface area contributed by atoms with Crippen LogP contribution in [0.5, 0.6) is 5.75 Å². The highest BCUT2D eigenvalue weighted by Gasteiger charge is 2.16. The second-order valence-electron chi connectivity index (χ2n) is 4.16. The summed E-state index contributed by atoms with van der Waals surface area (Å²) < 4.78 is 18.3. The maximum atomic E-state index is 13.5. The molecule has 1 fully saturated rings. The molecule has 1 aromatic rings. The zero-order valence-electron chi connectivity index (χ0n) is 10.3. The first kappa shape index (κ1) is 13.4. The van der Waals surface area contributed by atoms with E-state index >= 15 is 0 Å². The van der Waals surface area contributed by atoms with Crippen LogP contribution in [-0.2, 0) is 0 Å². The summed E-state index contributed by atoms with van der Waals surface area (Å²) in [5.41, 5.74) is 0.409. The number of hydrogen-bond acceptors (Lipinski definition) is 4. The minimum absolute atomic E-state index is 0.0385. The highest BCUT2D eigenvalue weighted by Crippen LogP contribution is 2.18. The normalized spacial score (nSPS) is 16.6. The van der Waals surface area contributed by atoms with Gasteiger partial charge in [0.05, 0.1) is 13.7 Å². The number of carbonyl (C=O) groups excluding carboxylic acids is 1. The number of rotatable bonds is 4. The molecule has 0 bridgehead atoms. The summed E-state index contributed by atoms with van der Waals surface area (Å²) in [6.45, 7) is 2.22. The van der Waals surface area contributed by atoms with E-state index in [2.05, 4.69) is 4.90 Å². The quantitative estimate of drug-likeness (QED) is 0.783. The lowest BCUT2D eigenvalue weighted by Crippen LogP contribution is -2.36. The standard InChI is InChI=1S/C13H16FNO2S/c1-17-13-3-2-10(8-11(13)14)12(16)9-15-4-6-18-7-5-15/h2-3,8H,4-7,9H2,1H3. The summed E-state index contributed by atoms with van der Waals surface area (Å²) in [4.78, 5) is 14.1. The highest BCUT2D eigenvalue weighted by atomic mass is 32.2. The van der Waals surface area contributed by atoms with Crippen LogP contribution in [0.3, 0.4) is 0 Å². The molecular formula is C13H16FNO2S. The molecular weight excluding hydrogens is 253 g/mol. The van der Waals surface area contributed by atoms with Crippen LogP contribution in [0.15, 0.2) is 18.2 Å². The molecule has 18 heavy (non-hydrogen) atoms. The molecule has 3 nitrogen and oxygen atoms in total. The van der Waals surface area contributed by atoms with Crippen LogP contribution in [0, 0.1) is 5.82 Å². The molecule has 0 spiro atoms. The van der Waals surface area contributed by atoms with Crippen molar-refractivity contribution in [1.29, 1.82) is 0 Å². The van der Waals surface area contributed by atoms with Gasteiger partial charge in [-0.1, -0.05) is 0 Å². The summed E-state index contributed by atoms with van der Waals surface area (Å²) in [5, 5.41) is 0. The van der Waals surface area contributed by atoms with Crippen molar-refractivity contribution < 1.29 is 13.9 Å². The molecule has 0 N–H and O–H groups in total. The molecule has 1 aliphatic rings. The van der Waals surface area contributed by atoms with Gasteiger partial charge in [-0.3, -0.25) is 9.69 Å². The van der Waals surface area contributed by atoms with Crippen molar-refractivity contribution in [2.75, 3.05) is 38.2 Å². The first-order valence-corrected chi connectivity index (χ1v) is 7.03. The number of nitrogens with zero attached hydrogens (tertiary/aromatic N) is 1. The Kier molecular flexibility index (Phi) is 4.60. The summed E-state index contributed by atoms with van der Waals surface area (Å²) in [5.74, 6) is 1.76. The highest BCUT2D eigenvalue weighted by molar-refractivity contribution is 7.99. The van der Waals surface area contributed by atoms with E-state index in [4.69, 9.17) is 4.74 Å². The smallest absolute Gasteiger partial charge is 0.176 e. The molecule has 2 rings (SSSR count). The topological polar surface area (TPSA) is 29.5 Å². The molecule has 0 atom stereocenters. The molecule has 1 aromatic carbocycles. The second kappa shape index (κ2) is 6.20. The molecule has 5 heteroatoms. The zero-order chi connectivity index (χ0) is 13.0. The van der Waals surface area contributed by atoms with Gasteiger partial charge >= 0.3 is 0 Å². The van der Waals surface area contributed by atoms with E-state index in [-0.39, 0.29) is 11.5 Å². The summed E-state index contributed by atoms with van der Waals surface area (Å²) >= 11 is 1.90. The minimum Gasteiger partial charge on any atom is -0.494 e. The number of ketones is 1. The van der Waals surface area contributed by atoms with Gasteiger partial charge < -0.3 is 4.74 Å². The van der Waals surface area contributed by atoms with E-state index in [1.165, 1.54) is 19.2 Å². The molecule has 0 amide bonds. The molecule has 98 valence electrons. The Hall–Kier alpha value is -1.07. The van der Waals surface area contributed by atoms with Crippen LogP contribution in [0.25, 0.3) is 0 Å². The number of ether oxygens (including phenoxy) is 1. The number of thioether (sulfide) groups is 1. The lowest BCUT2D eigenvalue weighted by Gasteiger charge is -2.25. The van der Waals surface area contributed by atoms with Crippen LogP contribution in [0.2, 0.25) is 0 Å². The monoisotopic (exact) mass is 269 g/mol. The van der Waals surface area contributed by atoms with E-state index in [0.717, 1.165) is 24.6 Å². The number of halogens is 1. The van der Waals surface area contributed by atoms with Crippen LogP contribution < -0.4 is 4.74 Å². The van der Waals surface area contributed by atoms with Crippen molar-refractivity contribution in [2.45, 2.75) is 0 Å². The SMILES string of the molecule is COc1ccc(C(=O)CN2CCSCC2)cc1F. The minimum atomic E-state index is -0.488. The number of hydrogen-bond donors (Lipinski definition) is 0. The molecule has 1 saturated heterocycles. The number of Topliss-reactive ketones (excluding diaryl/α,β-unsaturated/α-hetero) is 1. The maximum Gasteiger partial charge on any atom is 0.176 e. The largest absolute Gasteiger partial charge is 0.494 e. The summed E-state index contributed by atoms with van der Waals surface area (Å²) in [6.07, 6.45) is 0. The molecule has 1 heterocycles. The first-order chi connectivity index (χ1) is 8.70. The summed E-state index contributed by atoms with van der Waals surface area (Å²) in [7, 11) is 1.41. The molecule has 0 saturated carbocycles. The third-order valence-corrected chi connectivity index (χ3v) is 3.89. The fraction of sp³-hybridized carbons (Fsp3) is 0.462. The fourth-order valence-electron chi connectivity index (χ4n) is 1.89. The van der Waals surface area contributed by atoms with Crippen LogP contribution >= 0.6 is 11.8 Å². The van der Waals surface area contributed by atoms with Gasteiger partial charge in [0.25, 0.3) is 0 Å². The Morgan fingerprint density at radius 2 is 2.17 bits per heavy atom. The van der Waals surface area contributed by atoms with Crippen molar-refractivity contribution in [3.05, 3.63) is 29.6 Å². The summed E-state index contributed by atoms with van der Waals surface area (Å²) in [6, 6.07) is 4.36. The van der Waals surface area contributed by atoms with E-state index in [1.807, 2.05) is 11.8 Å². The molecule has 0 unspecified atom stereocenters. The third kappa shape index (κ3) is 3.23. The van der Waals surface area contributed by atoms with Gasteiger partial charge in [0.1, 0.15) is 0 Å². The first-order valence-electron chi connectivity index (χ1n) is 5.87. The van der Waals surface area contributed by atoms with Crippen molar-refractivity contribution in [1.82, 2.24) is 4.90 Å². The van der Waals surface area contributed by atoms with Crippen LogP contribution in [0.1, 0.15) is 10.4 Å². The average Bonchev–Trinajstić information content (AvgIpc) is 2.39. The Bertz CT molecular complexity index is 433. The predicted molar refractivity (Wildman–Crippen MR) is 71.0 cm³/mol. The second-order valence-corrected chi connectivity index (χ2v) is 5.39. The van der Waals surface area contributed by atoms with Crippen molar-refractivity contribution in [3.63, 3.8) is 0 Å². The number of carbonyl (C=O) groups is 1. The Morgan fingerprint density at radius 1 is 1.44 bits per heavy atom. The van der Waals surface area contributed by atoms with Gasteiger partial charge in [-0.2, -0.15) is 11.8 Å². The lowest BCUT2D eigenvalue weighted by atomic mass is 10.1. The van der Waals surface area contributed by atoms with Crippen molar-refractivity contribution in [3.8, 4) is 5.75 Å². The predicted octanol–water partition coefficient (Wildman–Crippen LogP) is 2.07. The van der Waals surface area contributed by atoms with Crippen molar-refractivity contribution >= 4 is 17.5 Å². The van der Waals surface area contributed by atoms with Gasteiger partial charge in [-0.05, 0) is 18.2 Å². The Balaban J connectivity index is 2.01. The van der Waals surface area contributed by atoms with Gasteiger partial charge in [-0.25, -0.2) is 4.39 Å². The van der Waals surface area contributed by atoms with Crippen LogP contribution in [0.4, 0.5) is 4.39 Å². The number of benzene rings is 1. The van der Waals surface area contributed by atoms with E-state index in [9.17, 15) is 9.18 Å². The van der Waals surface area contributed by atoms with E-state index < -0.39 is 5.82 Å². The Morgan fingerprint density at radius 3 is 2.78 bits per heavy atom. The fourth-order valence-corrected chi connectivity index (χ4v) is 2.87. The van der Waals surface area contributed by atoms with Gasteiger partial charge in [0.2, 0.25) is 0 Å². The molecule has 1 aliphatic heterocycles. The molecule has 0 aliphatic carbocycles. The van der Waals surface area contributed by atoms with Gasteiger partial charge in [-0.15, -0.1) is 0 Å². The van der Waals surface area contributed by atoms with E-state index in [1.54, 1.807) is 6.07 Å². The van der Waals surface area contributed by atoms with Crippen molar-refractivity contribution in [2.24, 2.45) is 0 Å². The molecule has 0 radical (unpaired) electrons. The van der Waals surface area contributed by atoms with Gasteiger partial charge in [0, 0.05) is 30.2 Å². The zero-order valence-corrected chi connectivity index (χ0v) is 11.1. The van der Waals surface area contributed by atoms with Crippen LogP contribution in [-0.4, -0.2) is 48.9 Å². The number of methoxy groups -OCH3 is 1. The maximum absolute atomic E-state index is 13.5. The van der Waals surface area contributed by atoms with E-state index in [0.29, 0.717) is 12.1 Å². The average molecular weight is 269 g/mol. The Labute approximate surface area is 110 Å². The molecule has 0 aromatic heterocycles. The van der Waals surface area contributed by atoms with Gasteiger partial charge in [0.15, 0.2) is 17.3 Å². The third-order valence-electron chi connectivity index (χ3n) is 2.94.